The summed E-state index contributed by atoms with van der Waals surface area (Å²) in [4.78, 5) is 40.9. The minimum absolute atomic E-state index is 0.115. The van der Waals surface area contributed by atoms with E-state index in [1.807, 2.05) is 0 Å². The Hall–Kier alpha value is -1.72. The van der Waals surface area contributed by atoms with Gasteiger partial charge in [-0.1, -0.05) is 20.8 Å². The molecule has 22 heavy (non-hydrogen) atoms. The molecule has 4 amide bonds. The van der Waals surface area contributed by atoms with Crippen LogP contribution in [0.1, 0.15) is 40.0 Å². The maximum Gasteiger partial charge on any atom is 0.330 e. The second-order valence-electron chi connectivity index (χ2n) is 7.59. The van der Waals surface area contributed by atoms with Crippen molar-refractivity contribution in [3.8, 4) is 0 Å². The second-order valence-corrected chi connectivity index (χ2v) is 7.59. The number of aliphatic imine (C=N–C) groups is 1. The molecule has 3 aliphatic rings. The summed E-state index contributed by atoms with van der Waals surface area (Å²) < 4.78 is 0. The Morgan fingerprint density at radius 3 is 2.50 bits per heavy atom. The Morgan fingerprint density at radius 2 is 1.95 bits per heavy atom. The molecular weight excluding hydrogens is 282 g/mol. The van der Waals surface area contributed by atoms with E-state index in [-0.39, 0.29) is 16.9 Å². The van der Waals surface area contributed by atoms with Gasteiger partial charge in [-0.3, -0.25) is 24.8 Å². The molecule has 6 nitrogen and oxygen atoms in total. The lowest BCUT2D eigenvalue weighted by atomic mass is 9.69. The lowest BCUT2D eigenvalue weighted by Crippen LogP contribution is -2.56. The molecule has 120 valence electrons. The Labute approximate surface area is 130 Å². The third kappa shape index (κ3) is 1.85. The zero-order chi connectivity index (χ0) is 16.3. The van der Waals surface area contributed by atoms with Crippen molar-refractivity contribution in [3.63, 3.8) is 0 Å². The summed E-state index contributed by atoms with van der Waals surface area (Å²) in [5.74, 6) is -1.43. The molecule has 2 saturated carbocycles. The number of urea groups is 1. The Balaban J connectivity index is 1.79. The number of nitrogens with zero attached hydrogens (tertiary/aromatic N) is 2. The van der Waals surface area contributed by atoms with Crippen LogP contribution in [0.5, 0.6) is 0 Å². The predicted molar refractivity (Wildman–Crippen MR) is 81.3 cm³/mol. The predicted octanol–water partition coefficient (Wildman–Crippen LogP) is 1.60. The third-order valence-corrected chi connectivity index (χ3v) is 6.58. The van der Waals surface area contributed by atoms with Gasteiger partial charge in [0.15, 0.2) is 5.92 Å². The molecule has 0 radical (unpaired) electrons. The fourth-order valence-electron chi connectivity index (χ4n) is 4.40. The lowest BCUT2D eigenvalue weighted by molar-refractivity contribution is -0.138. The third-order valence-electron chi connectivity index (χ3n) is 6.58. The molecule has 1 aliphatic heterocycles. The van der Waals surface area contributed by atoms with Crippen LogP contribution in [0.25, 0.3) is 0 Å². The number of hydrogen-bond acceptors (Lipinski definition) is 4. The van der Waals surface area contributed by atoms with Crippen molar-refractivity contribution in [2.75, 3.05) is 7.05 Å². The Bertz CT molecular complexity index is 583. The van der Waals surface area contributed by atoms with E-state index in [9.17, 15) is 14.4 Å². The highest BCUT2D eigenvalue weighted by Gasteiger charge is 2.61. The van der Waals surface area contributed by atoms with Gasteiger partial charge in [0.1, 0.15) is 0 Å². The average molecular weight is 305 g/mol. The highest BCUT2D eigenvalue weighted by atomic mass is 16.2. The minimum atomic E-state index is -0.992. The van der Waals surface area contributed by atoms with Crippen molar-refractivity contribution in [1.82, 2.24) is 10.2 Å². The number of barbiturate groups is 1. The van der Waals surface area contributed by atoms with Crippen molar-refractivity contribution in [2.24, 2.45) is 27.7 Å². The SMILES string of the molecule is CN1C(=O)NC(=O)C(C=N[C@@H]2C[C@H]3CC[C@@]2(C)C3(C)C)C1=O. The molecule has 3 fully saturated rings. The summed E-state index contributed by atoms with van der Waals surface area (Å²) in [6, 6.07) is -0.530. The van der Waals surface area contributed by atoms with Crippen LogP contribution in [0, 0.1) is 22.7 Å². The van der Waals surface area contributed by atoms with Gasteiger partial charge in [0.2, 0.25) is 11.8 Å². The molecular formula is C16H23N3O3. The number of nitrogens with one attached hydrogen (secondary N) is 1. The van der Waals surface area contributed by atoms with Crippen LogP contribution in [-0.4, -0.2) is 42.0 Å². The molecule has 6 heteroatoms. The van der Waals surface area contributed by atoms with Gasteiger partial charge in [0, 0.05) is 13.3 Å². The first kappa shape index (κ1) is 15.2. The van der Waals surface area contributed by atoms with Gasteiger partial charge in [0.05, 0.1) is 6.04 Å². The lowest BCUT2D eigenvalue weighted by Gasteiger charge is -2.37. The number of carbonyl (C=O) groups excluding carboxylic acids is 3. The van der Waals surface area contributed by atoms with Gasteiger partial charge < -0.3 is 0 Å². The van der Waals surface area contributed by atoms with Crippen LogP contribution < -0.4 is 5.32 Å². The number of imide groups is 2. The summed E-state index contributed by atoms with van der Waals surface area (Å²) in [6.07, 6.45) is 4.83. The van der Waals surface area contributed by atoms with E-state index in [0.29, 0.717) is 5.92 Å². The molecule has 0 aromatic rings. The summed E-state index contributed by atoms with van der Waals surface area (Å²) >= 11 is 0. The van der Waals surface area contributed by atoms with Crippen molar-refractivity contribution >= 4 is 24.1 Å². The van der Waals surface area contributed by atoms with Gasteiger partial charge in [-0.2, -0.15) is 0 Å². The Morgan fingerprint density at radius 1 is 1.27 bits per heavy atom. The van der Waals surface area contributed by atoms with E-state index in [2.05, 4.69) is 31.1 Å². The number of fused-ring (bicyclic) bond motifs is 2. The van der Waals surface area contributed by atoms with Crippen LogP contribution >= 0.6 is 0 Å². The van der Waals surface area contributed by atoms with Crippen LogP contribution in [0.4, 0.5) is 4.79 Å². The van der Waals surface area contributed by atoms with Crippen LogP contribution in [-0.2, 0) is 9.59 Å². The fraction of sp³-hybridized carbons (Fsp3) is 0.750. The van der Waals surface area contributed by atoms with Gasteiger partial charge >= 0.3 is 6.03 Å². The van der Waals surface area contributed by atoms with E-state index < -0.39 is 23.8 Å². The van der Waals surface area contributed by atoms with E-state index in [4.69, 9.17) is 0 Å². The first-order valence-corrected chi connectivity index (χ1v) is 7.84. The Kier molecular flexibility index (Phi) is 3.20. The van der Waals surface area contributed by atoms with E-state index >= 15 is 0 Å². The fourth-order valence-corrected chi connectivity index (χ4v) is 4.40. The zero-order valence-corrected chi connectivity index (χ0v) is 13.5. The first-order valence-electron chi connectivity index (χ1n) is 7.84. The maximum atomic E-state index is 12.1. The van der Waals surface area contributed by atoms with Crippen molar-refractivity contribution < 1.29 is 14.4 Å². The highest BCUT2D eigenvalue weighted by molar-refractivity contribution is 6.23. The second kappa shape index (κ2) is 4.64. The standard InChI is InChI=1S/C16H23N3O3/c1-15(2)9-5-6-16(15,3)11(7-9)17-8-10-12(20)18-14(22)19(4)13(10)21/h8-11H,5-7H2,1-4H3,(H,18,20,22)/t9-,10?,11-,16-/m1/s1. The topological polar surface area (TPSA) is 78.8 Å². The summed E-state index contributed by atoms with van der Waals surface area (Å²) in [6.45, 7) is 6.86. The number of hydrogen-bond donors (Lipinski definition) is 1. The molecule has 0 aromatic heterocycles. The molecule has 1 N–H and O–H groups in total. The van der Waals surface area contributed by atoms with Gasteiger partial charge in [-0.15, -0.1) is 0 Å². The maximum absolute atomic E-state index is 12.1. The zero-order valence-electron chi connectivity index (χ0n) is 13.5. The van der Waals surface area contributed by atoms with Gasteiger partial charge in [-0.25, -0.2) is 4.79 Å². The number of amides is 4. The molecule has 0 aromatic carbocycles. The van der Waals surface area contributed by atoms with Gasteiger partial charge in [-0.05, 0) is 36.0 Å². The van der Waals surface area contributed by atoms with Crippen molar-refractivity contribution in [1.29, 1.82) is 0 Å². The summed E-state index contributed by atoms with van der Waals surface area (Å²) in [5.41, 5.74) is 0.352. The minimum Gasteiger partial charge on any atom is -0.292 e. The van der Waals surface area contributed by atoms with E-state index in [1.165, 1.54) is 19.7 Å². The summed E-state index contributed by atoms with van der Waals surface area (Å²) in [5, 5.41) is 2.18. The van der Waals surface area contributed by atoms with Gasteiger partial charge in [0.25, 0.3) is 0 Å². The van der Waals surface area contributed by atoms with Crippen LogP contribution in [0.2, 0.25) is 0 Å². The van der Waals surface area contributed by atoms with Crippen molar-refractivity contribution in [2.45, 2.75) is 46.1 Å². The van der Waals surface area contributed by atoms with Crippen LogP contribution in [0.3, 0.4) is 0 Å². The molecule has 1 heterocycles. The number of rotatable bonds is 2. The first-order chi connectivity index (χ1) is 10.2. The van der Waals surface area contributed by atoms with E-state index in [1.54, 1.807) is 0 Å². The molecule has 0 spiro atoms. The van der Waals surface area contributed by atoms with Crippen molar-refractivity contribution in [3.05, 3.63) is 0 Å². The largest absolute Gasteiger partial charge is 0.330 e. The molecule has 4 atom stereocenters. The normalized spacial score (nSPS) is 40.6. The molecule has 1 unspecified atom stereocenters. The average Bonchev–Trinajstić information content (AvgIpc) is 2.78. The molecule has 1 saturated heterocycles. The summed E-state index contributed by atoms with van der Waals surface area (Å²) in [7, 11) is 1.37. The number of carbonyl (C=O) groups is 3. The quantitative estimate of drug-likeness (QED) is 0.621. The van der Waals surface area contributed by atoms with E-state index in [0.717, 1.165) is 17.7 Å². The molecule has 2 bridgehead atoms. The molecule has 2 aliphatic carbocycles. The highest BCUT2D eigenvalue weighted by Crippen LogP contribution is 2.66. The van der Waals surface area contributed by atoms with Crippen LogP contribution in [0.15, 0.2) is 4.99 Å². The molecule has 3 rings (SSSR count). The smallest absolute Gasteiger partial charge is 0.292 e. The monoisotopic (exact) mass is 305 g/mol.